The molecule has 0 unspecified atom stereocenters. The molecular formula is C12H24F2N2. The van der Waals surface area contributed by atoms with E-state index in [-0.39, 0.29) is 18.8 Å². The summed E-state index contributed by atoms with van der Waals surface area (Å²) in [5.74, 6) is -2.18. The summed E-state index contributed by atoms with van der Waals surface area (Å²) in [6.45, 7) is 7.08. The molecule has 1 saturated carbocycles. The molecule has 0 spiro atoms. The predicted molar refractivity (Wildman–Crippen MR) is 62.9 cm³/mol. The Kier molecular flexibility index (Phi) is 4.68. The molecule has 1 aliphatic carbocycles. The van der Waals surface area contributed by atoms with Crippen LogP contribution in [-0.2, 0) is 0 Å². The minimum absolute atomic E-state index is 0.0807. The summed E-state index contributed by atoms with van der Waals surface area (Å²) in [5.41, 5.74) is 0. The van der Waals surface area contributed by atoms with Gasteiger partial charge in [-0.15, -0.1) is 0 Å². The predicted octanol–water partition coefficient (Wildman–Crippen LogP) is 2.30. The number of hydrogen-bond acceptors (Lipinski definition) is 2. The van der Waals surface area contributed by atoms with Crippen LogP contribution in [0.5, 0.6) is 0 Å². The Morgan fingerprint density at radius 2 is 1.75 bits per heavy atom. The van der Waals surface area contributed by atoms with Gasteiger partial charge in [-0.1, -0.05) is 0 Å². The van der Waals surface area contributed by atoms with Crippen LogP contribution in [0, 0.1) is 5.92 Å². The maximum Gasteiger partial charge on any atom is 0.248 e. The Bertz CT molecular complexity index is 211. The first kappa shape index (κ1) is 13.8. The minimum atomic E-state index is -2.37. The van der Waals surface area contributed by atoms with Crippen molar-refractivity contribution in [3.8, 4) is 0 Å². The van der Waals surface area contributed by atoms with Crippen LogP contribution in [0.3, 0.4) is 0 Å². The second kappa shape index (κ2) is 5.41. The first-order valence-electron chi connectivity index (χ1n) is 6.07. The molecule has 1 rings (SSSR count). The molecule has 2 nitrogen and oxygen atoms in total. The molecule has 0 aromatic heterocycles. The highest BCUT2D eigenvalue weighted by Crippen LogP contribution is 2.42. The third kappa shape index (κ3) is 4.34. The second-order valence-corrected chi connectivity index (χ2v) is 5.47. The van der Waals surface area contributed by atoms with Gasteiger partial charge >= 0.3 is 0 Å². The Morgan fingerprint density at radius 3 is 2.19 bits per heavy atom. The number of nitrogens with zero attached hydrogens (tertiary/aromatic N) is 2. The molecule has 0 aromatic rings. The van der Waals surface area contributed by atoms with Gasteiger partial charge in [-0.3, -0.25) is 0 Å². The van der Waals surface area contributed by atoms with Gasteiger partial charge in [0.05, 0.1) is 0 Å². The molecule has 0 atom stereocenters. The standard InChI is InChI=1S/C12H24F2N2/c1-10(2)16(4)6-5-15(3)9-11-7-12(13,14)8-11/h10-11H,5-9H2,1-4H3. The number of rotatable bonds is 6. The Labute approximate surface area is 97.6 Å². The lowest BCUT2D eigenvalue weighted by Gasteiger charge is -2.37. The van der Waals surface area contributed by atoms with E-state index in [1.807, 2.05) is 7.05 Å². The van der Waals surface area contributed by atoms with Gasteiger partial charge in [0, 0.05) is 38.5 Å². The average Bonchev–Trinajstić information content (AvgIpc) is 2.10. The third-order valence-corrected chi connectivity index (χ3v) is 3.46. The number of halogens is 2. The van der Waals surface area contributed by atoms with Gasteiger partial charge in [-0.2, -0.15) is 0 Å². The summed E-state index contributed by atoms with van der Waals surface area (Å²) >= 11 is 0. The first-order valence-corrected chi connectivity index (χ1v) is 6.07. The van der Waals surface area contributed by atoms with Crippen LogP contribution in [0.2, 0.25) is 0 Å². The topological polar surface area (TPSA) is 6.48 Å². The summed E-state index contributed by atoms with van der Waals surface area (Å²) in [4.78, 5) is 4.44. The van der Waals surface area contributed by atoms with E-state index in [2.05, 4.69) is 30.7 Å². The Balaban J connectivity index is 2.10. The highest BCUT2D eigenvalue weighted by atomic mass is 19.3. The van der Waals surface area contributed by atoms with Crippen LogP contribution < -0.4 is 0 Å². The first-order chi connectivity index (χ1) is 7.30. The highest BCUT2D eigenvalue weighted by Gasteiger charge is 2.45. The van der Waals surface area contributed by atoms with Gasteiger partial charge in [-0.05, 0) is 33.9 Å². The summed E-state index contributed by atoms with van der Waals surface area (Å²) in [6.07, 6.45) is 0.161. The Morgan fingerprint density at radius 1 is 1.19 bits per heavy atom. The van der Waals surface area contributed by atoms with Crippen molar-refractivity contribution in [3.05, 3.63) is 0 Å². The van der Waals surface area contributed by atoms with E-state index in [0.717, 1.165) is 19.6 Å². The van der Waals surface area contributed by atoms with E-state index in [1.54, 1.807) is 0 Å². The largest absolute Gasteiger partial charge is 0.305 e. The van der Waals surface area contributed by atoms with Crippen LogP contribution in [-0.4, -0.2) is 55.5 Å². The molecule has 0 bridgehead atoms. The molecule has 0 saturated heterocycles. The van der Waals surface area contributed by atoms with E-state index >= 15 is 0 Å². The molecule has 0 aromatic carbocycles. The van der Waals surface area contributed by atoms with Gasteiger partial charge in [0.1, 0.15) is 0 Å². The number of alkyl halides is 2. The zero-order valence-corrected chi connectivity index (χ0v) is 10.8. The van der Waals surface area contributed by atoms with Gasteiger partial charge in [-0.25, -0.2) is 8.78 Å². The lowest BCUT2D eigenvalue weighted by Crippen LogP contribution is -2.43. The van der Waals surface area contributed by atoms with Crippen molar-refractivity contribution in [2.75, 3.05) is 33.7 Å². The average molecular weight is 234 g/mol. The molecule has 0 heterocycles. The number of likely N-dealkylation sites (N-methyl/N-ethyl adjacent to an activating group) is 2. The van der Waals surface area contributed by atoms with Gasteiger partial charge < -0.3 is 9.80 Å². The third-order valence-electron chi connectivity index (χ3n) is 3.46. The van der Waals surface area contributed by atoms with Crippen molar-refractivity contribution < 1.29 is 8.78 Å². The fraction of sp³-hybridized carbons (Fsp3) is 1.00. The SMILES string of the molecule is CC(C)N(C)CCN(C)CC1CC(F)(F)C1. The quantitative estimate of drug-likeness (QED) is 0.696. The summed E-state index contributed by atoms with van der Waals surface area (Å²) in [5, 5.41) is 0. The maximum atomic E-state index is 12.6. The van der Waals surface area contributed by atoms with Gasteiger partial charge in [0.2, 0.25) is 5.92 Å². The van der Waals surface area contributed by atoms with Crippen molar-refractivity contribution in [1.82, 2.24) is 9.80 Å². The van der Waals surface area contributed by atoms with E-state index in [0.29, 0.717) is 6.04 Å². The van der Waals surface area contributed by atoms with E-state index < -0.39 is 5.92 Å². The van der Waals surface area contributed by atoms with E-state index in [4.69, 9.17) is 0 Å². The molecule has 0 radical (unpaired) electrons. The normalized spacial score (nSPS) is 20.8. The number of hydrogen-bond donors (Lipinski definition) is 0. The smallest absolute Gasteiger partial charge is 0.248 e. The second-order valence-electron chi connectivity index (χ2n) is 5.47. The van der Waals surface area contributed by atoms with Crippen molar-refractivity contribution >= 4 is 0 Å². The van der Waals surface area contributed by atoms with Crippen LogP contribution in [0.25, 0.3) is 0 Å². The fourth-order valence-corrected chi connectivity index (χ4v) is 2.03. The fourth-order valence-electron chi connectivity index (χ4n) is 2.03. The molecule has 16 heavy (non-hydrogen) atoms. The minimum Gasteiger partial charge on any atom is -0.305 e. The summed E-state index contributed by atoms with van der Waals surface area (Å²) < 4.78 is 25.3. The molecule has 0 N–H and O–H groups in total. The molecule has 96 valence electrons. The zero-order valence-electron chi connectivity index (χ0n) is 10.8. The van der Waals surface area contributed by atoms with Crippen LogP contribution >= 0.6 is 0 Å². The highest BCUT2D eigenvalue weighted by molar-refractivity contribution is 4.87. The molecule has 0 aliphatic heterocycles. The van der Waals surface area contributed by atoms with Crippen LogP contribution in [0.15, 0.2) is 0 Å². The summed E-state index contributed by atoms with van der Waals surface area (Å²) in [7, 11) is 4.11. The maximum absolute atomic E-state index is 12.6. The van der Waals surface area contributed by atoms with Crippen molar-refractivity contribution in [1.29, 1.82) is 0 Å². The Hall–Kier alpha value is -0.220. The van der Waals surface area contributed by atoms with Gasteiger partial charge in [0.15, 0.2) is 0 Å². The van der Waals surface area contributed by atoms with Crippen LogP contribution in [0.1, 0.15) is 26.7 Å². The molecule has 1 fully saturated rings. The summed E-state index contributed by atoms with van der Waals surface area (Å²) in [6, 6.07) is 0.543. The molecule has 0 amide bonds. The van der Waals surface area contributed by atoms with Gasteiger partial charge in [0.25, 0.3) is 0 Å². The lowest BCUT2D eigenvalue weighted by molar-refractivity contribution is -0.115. The monoisotopic (exact) mass is 234 g/mol. The molecule has 4 heteroatoms. The van der Waals surface area contributed by atoms with Crippen LogP contribution in [0.4, 0.5) is 8.78 Å². The van der Waals surface area contributed by atoms with E-state index in [9.17, 15) is 8.78 Å². The zero-order chi connectivity index (χ0) is 12.3. The van der Waals surface area contributed by atoms with Crippen molar-refractivity contribution in [3.63, 3.8) is 0 Å². The van der Waals surface area contributed by atoms with Crippen molar-refractivity contribution in [2.45, 2.75) is 38.7 Å². The molecule has 1 aliphatic rings. The van der Waals surface area contributed by atoms with E-state index in [1.165, 1.54) is 0 Å². The lowest BCUT2D eigenvalue weighted by atomic mass is 9.81. The van der Waals surface area contributed by atoms with Crippen molar-refractivity contribution in [2.24, 2.45) is 5.92 Å². The molecular weight excluding hydrogens is 210 g/mol.